The molecule has 0 aromatic heterocycles. The van der Waals surface area contributed by atoms with Gasteiger partial charge >= 0.3 is 0 Å². The second-order valence-corrected chi connectivity index (χ2v) is 3.54. The fourth-order valence-corrected chi connectivity index (χ4v) is 1.51. The normalized spacial score (nSPS) is 10.4. The molecular weight excluding hydrogens is 279 g/mol. The number of nitrogens with zero attached hydrogens (tertiary/aromatic N) is 2. The summed E-state index contributed by atoms with van der Waals surface area (Å²) in [5, 5.41) is 7.46. The summed E-state index contributed by atoms with van der Waals surface area (Å²) in [6.45, 7) is 1.84. The van der Waals surface area contributed by atoms with Crippen molar-refractivity contribution < 1.29 is 0 Å². The van der Waals surface area contributed by atoms with E-state index in [9.17, 15) is 0 Å². The summed E-state index contributed by atoms with van der Waals surface area (Å²) in [5.41, 5.74) is 12.1. The van der Waals surface area contributed by atoms with Crippen LogP contribution in [0.5, 0.6) is 0 Å². The van der Waals surface area contributed by atoms with E-state index in [0.29, 0.717) is 0 Å². The lowest BCUT2D eigenvalue weighted by atomic mass is 10.1. The summed E-state index contributed by atoms with van der Waals surface area (Å²) in [7, 11) is 0. The van der Waals surface area contributed by atoms with Crippen molar-refractivity contribution in [3.8, 4) is 0 Å². The molecule has 0 spiro atoms. The molecule has 0 saturated heterocycles. The number of rotatable bonds is 2. The van der Waals surface area contributed by atoms with Crippen molar-refractivity contribution >= 4 is 40.0 Å². The van der Waals surface area contributed by atoms with Crippen molar-refractivity contribution in [2.45, 2.75) is 6.92 Å². The molecule has 0 heterocycles. The standard InChI is InChI=1S/C9H11BrN4.ClH/c1-6(13-14-9(11)12)7-4-2-3-5-8(7)10;/h2-5H,1H3,(H4,11,12,14);1H. The first-order valence-electron chi connectivity index (χ1n) is 3.99. The quantitative estimate of drug-likeness (QED) is 0.496. The van der Waals surface area contributed by atoms with Crippen molar-refractivity contribution in [3.63, 3.8) is 0 Å². The van der Waals surface area contributed by atoms with E-state index < -0.39 is 0 Å². The van der Waals surface area contributed by atoms with Crippen LogP contribution in [0.25, 0.3) is 0 Å². The number of benzene rings is 1. The molecule has 6 heteroatoms. The van der Waals surface area contributed by atoms with Crippen LogP contribution >= 0.6 is 28.3 Å². The van der Waals surface area contributed by atoms with E-state index in [-0.39, 0.29) is 18.4 Å². The molecule has 1 rings (SSSR count). The molecule has 0 unspecified atom stereocenters. The predicted octanol–water partition coefficient (Wildman–Crippen LogP) is 1.87. The van der Waals surface area contributed by atoms with Crippen molar-refractivity contribution in [2.75, 3.05) is 0 Å². The predicted molar refractivity (Wildman–Crippen MR) is 69.4 cm³/mol. The molecule has 82 valence electrons. The maximum Gasteiger partial charge on any atom is 0.211 e. The number of guanidine groups is 1. The van der Waals surface area contributed by atoms with Gasteiger partial charge in [0.15, 0.2) is 0 Å². The number of halogens is 2. The molecule has 0 aliphatic heterocycles. The molecule has 0 aliphatic carbocycles. The Morgan fingerprint density at radius 3 is 2.33 bits per heavy atom. The first kappa shape index (κ1) is 13.9. The van der Waals surface area contributed by atoms with Gasteiger partial charge in [-0.05, 0) is 13.0 Å². The molecule has 4 nitrogen and oxygen atoms in total. The first-order chi connectivity index (χ1) is 6.61. The van der Waals surface area contributed by atoms with Gasteiger partial charge in [0.25, 0.3) is 0 Å². The van der Waals surface area contributed by atoms with Gasteiger partial charge in [-0.25, -0.2) is 0 Å². The summed E-state index contributed by atoms with van der Waals surface area (Å²) in [6, 6.07) is 7.73. The third-order valence-electron chi connectivity index (χ3n) is 1.58. The summed E-state index contributed by atoms with van der Waals surface area (Å²) >= 11 is 3.41. The van der Waals surface area contributed by atoms with Crippen LogP contribution in [0.15, 0.2) is 38.9 Å². The minimum absolute atomic E-state index is 0. The van der Waals surface area contributed by atoms with E-state index in [2.05, 4.69) is 26.1 Å². The second kappa shape index (κ2) is 6.42. The molecule has 0 aliphatic rings. The van der Waals surface area contributed by atoms with Gasteiger partial charge in [0, 0.05) is 10.0 Å². The molecule has 0 saturated carbocycles. The zero-order chi connectivity index (χ0) is 10.6. The Bertz CT molecular complexity index is 385. The lowest BCUT2D eigenvalue weighted by Crippen LogP contribution is -2.22. The molecule has 0 fully saturated rings. The topological polar surface area (TPSA) is 76.8 Å². The average Bonchev–Trinajstić information content (AvgIpc) is 2.15. The van der Waals surface area contributed by atoms with Crippen LogP contribution in [-0.2, 0) is 0 Å². The highest BCUT2D eigenvalue weighted by molar-refractivity contribution is 9.10. The van der Waals surface area contributed by atoms with Crippen LogP contribution in [0.4, 0.5) is 0 Å². The highest BCUT2D eigenvalue weighted by Gasteiger charge is 2.00. The summed E-state index contributed by atoms with van der Waals surface area (Å²) in [6.07, 6.45) is 0. The minimum Gasteiger partial charge on any atom is -0.369 e. The number of hydrogen-bond acceptors (Lipinski definition) is 2. The van der Waals surface area contributed by atoms with Gasteiger partial charge < -0.3 is 11.5 Å². The molecule has 1 aromatic carbocycles. The Hall–Kier alpha value is -1.07. The number of hydrogen-bond donors (Lipinski definition) is 2. The van der Waals surface area contributed by atoms with Crippen LogP contribution in [-0.4, -0.2) is 11.7 Å². The van der Waals surface area contributed by atoms with Crippen molar-refractivity contribution in [1.29, 1.82) is 0 Å². The Morgan fingerprint density at radius 1 is 1.20 bits per heavy atom. The monoisotopic (exact) mass is 290 g/mol. The fraction of sp³-hybridized carbons (Fsp3) is 0.111. The summed E-state index contributed by atoms with van der Waals surface area (Å²) in [5.74, 6) is -0.0450. The van der Waals surface area contributed by atoms with Crippen molar-refractivity contribution in [2.24, 2.45) is 21.7 Å². The maximum absolute atomic E-state index is 5.17. The van der Waals surface area contributed by atoms with Gasteiger partial charge in [0.05, 0.1) is 5.71 Å². The van der Waals surface area contributed by atoms with E-state index in [1.807, 2.05) is 31.2 Å². The Labute approximate surface area is 103 Å². The van der Waals surface area contributed by atoms with E-state index in [1.54, 1.807) is 0 Å². The van der Waals surface area contributed by atoms with Gasteiger partial charge in [-0.2, -0.15) is 5.10 Å². The van der Waals surface area contributed by atoms with Crippen molar-refractivity contribution in [1.82, 2.24) is 0 Å². The fourth-order valence-electron chi connectivity index (χ4n) is 0.941. The van der Waals surface area contributed by atoms with Crippen molar-refractivity contribution in [3.05, 3.63) is 34.3 Å². The Kier molecular flexibility index (Phi) is 5.96. The third-order valence-corrected chi connectivity index (χ3v) is 2.27. The van der Waals surface area contributed by atoms with E-state index >= 15 is 0 Å². The van der Waals surface area contributed by atoms with E-state index in [0.717, 1.165) is 15.7 Å². The molecule has 0 radical (unpaired) electrons. The first-order valence-corrected chi connectivity index (χ1v) is 4.78. The lowest BCUT2D eigenvalue weighted by Gasteiger charge is -2.00. The smallest absolute Gasteiger partial charge is 0.211 e. The SMILES string of the molecule is CC(=NN=C(N)N)c1ccccc1Br.Cl. The van der Waals surface area contributed by atoms with Gasteiger partial charge in [-0.1, -0.05) is 34.1 Å². The van der Waals surface area contributed by atoms with Gasteiger partial charge in [-0.3, -0.25) is 0 Å². The van der Waals surface area contributed by atoms with Crippen LogP contribution < -0.4 is 11.5 Å². The average molecular weight is 292 g/mol. The summed E-state index contributed by atoms with van der Waals surface area (Å²) in [4.78, 5) is 0. The Balaban J connectivity index is 0.00000196. The van der Waals surface area contributed by atoms with Gasteiger partial charge in [0.1, 0.15) is 0 Å². The van der Waals surface area contributed by atoms with E-state index in [4.69, 9.17) is 11.5 Å². The van der Waals surface area contributed by atoms with Crippen LogP contribution in [0.1, 0.15) is 12.5 Å². The molecule has 0 amide bonds. The van der Waals surface area contributed by atoms with Crippen LogP contribution in [0, 0.1) is 0 Å². The van der Waals surface area contributed by atoms with Crippen LogP contribution in [0.3, 0.4) is 0 Å². The highest BCUT2D eigenvalue weighted by Crippen LogP contribution is 2.16. The Morgan fingerprint density at radius 2 is 1.80 bits per heavy atom. The number of nitrogens with two attached hydrogens (primary N) is 2. The van der Waals surface area contributed by atoms with E-state index in [1.165, 1.54) is 0 Å². The molecule has 0 atom stereocenters. The largest absolute Gasteiger partial charge is 0.369 e. The third kappa shape index (κ3) is 4.31. The molecule has 4 N–H and O–H groups in total. The van der Waals surface area contributed by atoms with Crippen LogP contribution in [0.2, 0.25) is 0 Å². The van der Waals surface area contributed by atoms with Gasteiger partial charge in [-0.15, -0.1) is 17.5 Å². The minimum atomic E-state index is -0.0450. The molecular formula is C9H12BrClN4. The molecule has 15 heavy (non-hydrogen) atoms. The van der Waals surface area contributed by atoms with Gasteiger partial charge in [0.2, 0.25) is 5.96 Å². The molecule has 0 bridgehead atoms. The second-order valence-electron chi connectivity index (χ2n) is 2.69. The maximum atomic E-state index is 5.17. The lowest BCUT2D eigenvalue weighted by molar-refractivity contribution is 1.19. The molecule has 1 aromatic rings. The zero-order valence-corrected chi connectivity index (χ0v) is 10.5. The zero-order valence-electron chi connectivity index (χ0n) is 8.14. The summed E-state index contributed by atoms with van der Waals surface area (Å²) < 4.78 is 0.965. The highest BCUT2D eigenvalue weighted by atomic mass is 79.9.